The fraction of sp³-hybridized carbons (Fsp3) is 0.0870. The molecule has 2 aromatic carbocycles. The normalized spacial score (nSPS) is 10.5. The van der Waals surface area contributed by atoms with E-state index in [4.69, 9.17) is 10.5 Å². The van der Waals surface area contributed by atoms with Gasteiger partial charge in [-0.1, -0.05) is 12.1 Å². The number of nitrogen functional groups attached to an aromatic ring is 1. The van der Waals surface area contributed by atoms with E-state index < -0.39 is 0 Å². The number of amides is 1. The molecule has 0 aliphatic rings. The van der Waals surface area contributed by atoms with Crippen LogP contribution >= 0.6 is 11.3 Å². The summed E-state index contributed by atoms with van der Waals surface area (Å²) in [5, 5.41) is 8.05. The zero-order valence-electron chi connectivity index (χ0n) is 16.8. The fourth-order valence-electron chi connectivity index (χ4n) is 3.06. The van der Waals surface area contributed by atoms with Gasteiger partial charge in [-0.15, -0.1) is 11.3 Å². The predicted molar refractivity (Wildman–Crippen MR) is 125 cm³/mol. The number of benzene rings is 2. The summed E-state index contributed by atoms with van der Waals surface area (Å²) in [6.45, 7) is 0. The number of carbonyl (C=O) groups excluding carboxylic acids is 1. The summed E-state index contributed by atoms with van der Waals surface area (Å²) in [7, 11) is 1.57. The van der Waals surface area contributed by atoms with Gasteiger partial charge in [-0.3, -0.25) is 4.79 Å². The second-order valence-corrected chi connectivity index (χ2v) is 7.77. The van der Waals surface area contributed by atoms with Gasteiger partial charge >= 0.3 is 0 Å². The highest BCUT2D eigenvalue weighted by atomic mass is 32.1. The number of thiophene rings is 1. The molecule has 0 unspecified atom stereocenters. The van der Waals surface area contributed by atoms with Gasteiger partial charge in [-0.05, 0) is 53.9 Å². The Kier molecular flexibility index (Phi) is 6.09. The molecule has 4 N–H and O–H groups in total. The van der Waals surface area contributed by atoms with Gasteiger partial charge in [0, 0.05) is 28.0 Å². The summed E-state index contributed by atoms with van der Waals surface area (Å²) in [4.78, 5) is 22.3. The van der Waals surface area contributed by atoms with Crippen molar-refractivity contribution in [3.63, 3.8) is 0 Å². The van der Waals surface area contributed by atoms with Crippen LogP contribution in [0.25, 0.3) is 11.3 Å². The lowest BCUT2D eigenvalue weighted by Crippen LogP contribution is -2.14. The Labute approximate surface area is 183 Å². The number of carbonyl (C=O) groups is 1. The SMILES string of the molecule is COc1ccc(-c2ccnc(Nc3cccc(N)c3)n2)cc1NC(=O)Cc1cccs1. The lowest BCUT2D eigenvalue weighted by molar-refractivity contribution is -0.115. The second kappa shape index (κ2) is 9.27. The molecule has 31 heavy (non-hydrogen) atoms. The Morgan fingerprint density at radius 2 is 2.03 bits per heavy atom. The van der Waals surface area contributed by atoms with Crippen molar-refractivity contribution < 1.29 is 9.53 Å². The molecule has 1 amide bonds. The number of ether oxygens (including phenoxy) is 1. The third-order valence-electron chi connectivity index (χ3n) is 4.48. The zero-order valence-corrected chi connectivity index (χ0v) is 17.6. The van der Waals surface area contributed by atoms with Crippen molar-refractivity contribution >= 4 is 40.3 Å². The van der Waals surface area contributed by atoms with Crippen LogP contribution in [-0.2, 0) is 11.2 Å². The predicted octanol–water partition coefficient (Wildman–Crippen LogP) is 4.72. The van der Waals surface area contributed by atoms with Gasteiger partial charge in [0.05, 0.1) is 24.9 Å². The number of rotatable bonds is 7. The maximum Gasteiger partial charge on any atom is 0.229 e. The third-order valence-corrected chi connectivity index (χ3v) is 5.36. The molecule has 0 fully saturated rings. The van der Waals surface area contributed by atoms with Crippen molar-refractivity contribution in [2.24, 2.45) is 0 Å². The molecule has 156 valence electrons. The Balaban J connectivity index is 1.56. The minimum Gasteiger partial charge on any atom is -0.495 e. The van der Waals surface area contributed by atoms with E-state index in [1.165, 1.54) is 0 Å². The molecule has 0 saturated heterocycles. The molecule has 0 radical (unpaired) electrons. The highest BCUT2D eigenvalue weighted by molar-refractivity contribution is 7.10. The quantitative estimate of drug-likeness (QED) is 0.366. The number of methoxy groups -OCH3 is 1. The van der Waals surface area contributed by atoms with Crippen LogP contribution in [0, 0.1) is 0 Å². The van der Waals surface area contributed by atoms with Crippen molar-refractivity contribution in [3.05, 3.63) is 77.1 Å². The van der Waals surface area contributed by atoms with E-state index in [-0.39, 0.29) is 5.91 Å². The summed E-state index contributed by atoms with van der Waals surface area (Å²) in [6.07, 6.45) is 1.99. The molecule has 8 heteroatoms. The molecule has 0 atom stereocenters. The summed E-state index contributed by atoms with van der Waals surface area (Å²) in [5.74, 6) is 0.919. The van der Waals surface area contributed by atoms with Crippen LogP contribution in [0.2, 0.25) is 0 Å². The Bertz CT molecular complexity index is 1190. The number of nitrogens with one attached hydrogen (secondary N) is 2. The highest BCUT2D eigenvalue weighted by Gasteiger charge is 2.12. The van der Waals surface area contributed by atoms with E-state index in [1.807, 2.05) is 66.0 Å². The van der Waals surface area contributed by atoms with E-state index in [1.54, 1.807) is 24.6 Å². The first-order valence-corrected chi connectivity index (χ1v) is 10.4. The first-order chi connectivity index (χ1) is 15.1. The van der Waals surface area contributed by atoms with Crippen LogP contribution in [-0.4, -0.2) is 23.0 Å². The molecule has 2 aromatic heterocycles. The highest BCUT2D eigenvalue weighted by Crippen LogP contribution is 2.30. The van der Waals surface area contributed by atoms with Gasteiger partial charge in [0.2, 0.25) is 11.9 Å². The molecule has 0 aliphatic carbocycles. The molecular formula is C23H21N5O2S. The van der Waals surface area contributed by atoms with E-state index in [9.17, 15) is 4.79 Å². The van der Waals surface area contributed by atoms with Crippen molar-refractivity contribution in [1.82, 2.24) is 9.97 Å². The number of nitrogens with two attached hydrogens (primary N) is 1. The monoisotopic (exact) mass is 431 g/mol. The van der Waals surface area contributed by atoms with Crippen LogP contribution in [0.1, 0.15) is 4.88 Å². The van der Waals surface area contributed by atoms with Crippen molar-refractivity contribution in [2.45, 2.75) is 6.42 Å². The summed E-state index contributed by atoms with van der Waals surface area (Å²) in [6, 6.07) is 18.6. The standard InChI is InChI=1S/C23H21N5O2S/c1-30-21-8-7-15(12-20(21)27-22(29)14-18-6-3-11-31-18)19-9-10-25-23(28-19)26-17-5-2-4-16(24)13-17/h2-13H,14,24H2,1H3,(H,27,29)(H,25,26,28). The number of hydrogen-bond acceptors (Lipinski definition) is 7. The molecule has 4 rings (SSSR count). The summed E-state index contributed by atoms with van der Waals surface area (Å²) >= 11 is 1.55. The fourth-order valence-corrected chi connectivity index (χ4v) is 3.76. The molecule has 2 heterocycles. The van der Waals surface area contributed by atoms with Crippen molar-refractivity contribution in [1.29, 1.82) is 0 Å². The van der Waals surface area contributed by atoms with Crippen molar-refractivity contribution in [2.75, 3.05) is 23.5 Å². The second-order valence-electron chi connectivity index (χ2n) is 6.74. The van der Waals surface area contributed by atoms with Crippen LogP contribution in [0.3, 0.4) is 0 Å². The molecule has 0 aliphatic heterocycles. The first kappa shape index (κ1) is 20.4. The minimum atomic E-state index is -0.107. The molecular weight excluding hydrogens is 410 g/mol. The van der Waals surface area contributed by atoms with E-state index in [0.717, 1.165) is 16.1 Å². The van der Waals surface area contributed by atoms with Gasteiger partial charge in [0.15, 0.2) is 0 Å². The topological polar surface area (TPSA) is 102 Å². The lowest BCUT2D eigenvalue weighted by atomic mass is 10.1. The summed E-state index contributed by atoms with van der Waals surface area (Å²) < 4.78 is 5.42. The van der Waals surface area contributed by atoms with Crippen LogP contribution in [0.15, 0.2) is 72.2 Å². The third kappa shape index (κ3) is 5.18. The molecule has 0 spiro atoms. The number of nitrogens with zero attached hydrogens (tertiary/aromatic N) is 2. The number of anilines is 4. The maximum atomic E-state index is 12.5. The summed E-state index contributed by atoms with van der Waals surface area (Å²) in [5.41, 5.74) is 9.40. The van der Waals surface area contributed by atoms with E-state index >= 15 is 0 Å². The van der Waals surface area contributed by atoms with E-state index in [0.29, 0.717) is 35.2 Å². The number of aromatic nitrogens is 2. The maximum absolute atomic E-state index is 12.5. The largest absolute Gasteiger partial charge is 0.495 e. The Morgan fingerprint density at radius 3 is 2.81 bits per heavy atom. The van der Waals surface area contributed by atoms with Crippen molar-refractivity contribution in [3.8, 4) is 17.0 Å². The average Bonchev–Trinajstić information content (AvgIpc) is 3.27. The number of hydrogen-bond donors (Lipinski definition) is 3. The zero-order chi connectivity index (χ0) is 21.6. The van der Waals surface area contributed by atoms with Crippen LogP contribution in [0.5, 0.6) is 5.75 Å². The van der Waals surface area contributed by atoms with Crippen LogP contribution in [0.4, 0.5) is 23.0 Å². The first-order valence-electron chi connectivity index (χ1n) is 9.57. The van der Waals surface area contributed by atoms with Gasteiger partial charge in [0.25, 0.3) is 0 Å². The Hall–Kier alpha value is -3.91. The van der Waals surface area contributed by atoms with Gasteiger partial charge < -0.3 is 21.1 Å². The Morgan fingerprint density at radius 1 is 1.13 bits per heavy atom. The average molecular weight is 432 g/mol. The molecule has 7 nitrogen and oxygen atoms in total. The minimum absolute atomic E-state index is 0.107. The van der Waals surface area contributed by atoms with E-state index in [2.05, 4.69) is 20.6 Å². The van der Waals surface area contributed by atoms with Gasteiger partial charge in [-0.2, -0.15) is 0 Å². The smallest absolute Gasteiger partial charge is 0.229 e. The van der Waals surface area contributed by atoms with Crippen LogP contribution < -0.4 is 21.1 Å². The molecule has 0 bridgehead atoms. The van der Waals surface area contributed by atoms with Gasteiger partial charge in [-0.25, -0.2) is 9.97 Å². The molecule has 4 aromatic rings. The molecule has 0 saturated carbocycles. The van der Waals surface area contributed by atoms with Gasteiger partial charge in [0.1, 0.15) is 5.75 Å². The lowest BCUT2D eigenvalue weighted by Gasteiger charge is -2.12.